The monoisotopic (exact) mass is 269 g/mol. The highest BCUT2D eigenvalue weighted by atomic mass is 16.6. The molecule has 2 saturated heterocycles. The summed E-state index contributed by atoms with van der Waals surface area (Å²) in [4.78, 5) is 25.1. The zero-order valence-corrected chi connectivity index (χ0v) is 11.6. The molecule has 0 amide bonds. The predicted molar refractivity (Wildman–Crippen MR) is 69.5 cm³/mol. The molecule has 0 aromatic heterocycles. The van der Waals surface area contributed by atoms with Crippen LogP contribution in [0.5, 0.6) is 0 Å². The Balaban J connectivity index is 1.81. The smallest absolute Gasteiger partial charge is 0.417 e. The van der Waals surface area contributed by atoms with Crippen LogP contribution in [0.1, 0.15) is 39.0 Å². The first-order valence-corrected chi connectivity index (χ1v) is 7.30. The van der Waals surface area contributed by atoms with Gasteiger partial charge < -0.3 is 9.47 Å². The highest BCUT2D eigenvalue weighted by molar-refractivity contribution is 6.29. The van der Waals surface area contributed by atoms with E-state index in [1.54, 1.807) is 6.92 Å². The van der Waals surface area contributed by atoms with Crippen LogP contribution in [0.25, 0.3) is 0 Å². The van der Waals surface area contributed by atoms with Crippen LogP contribution in [-0.2, 0) is 19.1 Å². The van der Waals surface area contributed by atoms with Gasteiger partial charge in [0, 0.05) is 12.0 Å². The van der Waals surface area contributed by atoms with Gasteiger partial charge in [0.1, 0.15) is 0 Å². The van der Waals surface area contributed by atoms with Crippen molar-refractivity contribution in [2.24, 2.45) is 5.92 Å². The fraction of sp³-hybridized carbons (Fsp3) is 0.857. The molecular weight excluding hydrogens is 246 g/mol. The van der Waals surface area contributed by atoms with Crippen molar-refractivity contribution >= 4 is 11.9 Å². The molecule has 2 heterocycles. The Labute approximate surface area is 114 Å². The van der Waals surface area contributed by atoms with Gasteiger partial charge in [-0.3, -0.25) is 4.90 Å². The van der Waals surface area contributed by atoms with Gasteiger partial charge in [0.25, 0.3) is 0 Å². The van der Waals surface area contributed by atoms with Crippen LogP contribution in [0.15, 0.2) is 0 Å². The lowest BCUT2D eigenvalue weighted by Crippen LogP contribution is -2.49. The van der Waals surface area contributed by atoms with E-state index < -0.39 is 11.9 Å². The number of carbonyl (C=O) groups excluding carboxylic acids is 2. The van der Waals surface area contributed by atoms with E-state index in [-0.39, 0.29) is 6.61 Å². The third-order valence-corrected chi connectivity index (χ3v) is 4.10. The van der Waals surface area contributed by atoms with Crippen LogP contribution < -0.4 is 0 Å². The number of piperidine rings is 2. The van der Waals surface area contributed by atoms with Crippen molar-refractivity contribution in [3.8, 4) is 0 Å². The molecule has 108 valence electrons. The number of carbonyl (C=O) groups is 2. The van der Waals surface area contributed by atoms with E-state index >= 15 is 0 Å². The van der Waals surface area contributed by atoms with Crippen molar-refractivity contribution in [3.05, 3.63) is 0 Å². The SMILES string of the molecule is CCOC(=O)C(=O)OCC1CCCN2CCCCC12. The molecule has 0 spiro atoms. The maximum absolute atomic E-state index is 11.4. The van der Waals surface area contributed by atoms with E-state index in [0.29, 0.717) is 18.6 Å². The third kappa shape index (κ3) is 3.69. The number of esters is 2. The normalized spacial score (nSPS) is 27.4. The Kier molecular flexibility index (Phi) is 5.19. The quantitative estimate of drug-likeness (QED) is 0.572. The average Bonchev–Trinajstić information content (AvgIpc) is 2.45. The standard InChI is InChI=1S/C14H23NO4/c1-2-18-13(16)14(17)19-10-11-6-5-9-15-8-4-3-7-12(11)15/h11-12H,2-10H2,1H3. The van der Waals surface area contributed by atoms with Crippen LogP contribution in [-0.4, -0.2) is 49.2 Å². The number of nitrogens with zero attached hydrogens (tertiary/aromatic N) is 1. The minimum atomic E-state index is -0.876. The average molecular weight is 269 g/mol. The first-order chi connectivity index (χ1) is 9.22. The molecule has 19 heavy (non-hydrogen) atoms. The second kappa shape index (κ2) is 6.89. The van der Waals surface area contributed by atoms with Gasteiger partial charge in [0.05, 0.1) is 13.2 Å². The van der Waals surface area contributed by atoms with E-state index in [0.717, 1.165) is 25.9 Å². The summed E-state index contributed by atoms with van der Waals surface area (Å²) in [5.74, 6) is -1.36. The molecule has 2 atom stereocenters. The van der Waals surface area contributed by atoms with E-state index in [2.05, 4.69) is 9.64 Å². The minimum absolute atomic E-state index is 0.202. The number of ether oxygens (including phenoxy) is 2. The number of rotatable bonds is 3. The fourth-order valence-corrected chi connectivity index (χ4v) is 3.20. The number of hydrogen-bond donors (Lipinski definition) is 0. The highest BCUT2D eigenvalue weighted by Gasteiger charge is 2.34. The summed E-state index contributed by atoms with van der Waals surface area (Å²) in [5.41, 5.74) is 0. The molecule has 5 nitrogen and oxygen atoms in total. The zero-order chi connectivity index (χ0) is 13.7. The van der Waals surface area contributed by atoms with Gasteiger partial charge in [-0.05, 0) is 45.7 Å². The predicted octanol–water partition coefficient (Wildman–Crippen LogP) is 1.36. The molecule has 0 aromatic rings. The van der Waals surface area contributed by atoms with E-state index in [4.69, 9.17) is 4.74 Å². The summed E-state index contributed by atoms with van der Waals surface area (Å²) in [6.45, 7) is 4.54. The lowest BCUT2D eigenvalue weighted by molar-refractivity contribution is -0.169. The van der Waals surface area contributed by atoms with Crippen molar-refractivity contribution in [2.45, 2.75) is 45.1 Å². The summed E-state index contributed by atoms with van der Waals surface area (Å²) in [7, 11) is 0. The molecule has 2 fully saturated rings. The molecule has 0 aromatic carbocycles. The molecule has 2 unspecified atom stereocenters. The topological polar surface area (TPSA) is 55.8 Å². The van der Waals surface area contributed by atoms with Crippen LogP contribution in [0.3, 0.4) is 0 Å². The highest BCUT2D eigenvalue weighted by Crippen LogP contribution is 2.30. The van der Waals surface area contributed by atoms with E-state index in [9.17, 15) is 9.59 Å². The van der Waals surface area contributed by atoms with Crippen molar-refractivity contribution < 1.29 is 19.1 Å². The van der Waals surface area contributed by atoms with Crippen molar-refractivity contribution in [1.29, 1.82) is 0 Å². The van der Waals surface area contributed by atoms with Gasteiger partial charge in [-0.1, -0.05) is 6.42 Å². The molecular formula is C14H23NO4. The second-order valence-corrected chi connectivity index (χ2v) is 5.32. The van der Waals surface area contributed by atoms with Crippen LogP contribution in [0, 0.1) is 5.92 Å². The molecule has 5 heteroatoms. The Morgan fingerprint density at radius 3 is 2.58 bits per heavy atom. The maximum Gasteiger partial charge on any atom is 0.417 e. The first kappa shape index (κ1) is 14.3. The molecule has 2 aliphatic rings. The van der Waals surface area contributed by atoms with Crippen LogP contribution in [0.2, 0.25) is 0 Å². The second-order valence-electron chi connectivity index (χ2n) is 5.32. The first-order valence-electron chi connectivity index (χ1n) is 7.30. The Morgan fingerprint density at radius 2 is 1.79 bits per heavy atom. The summed E-state index contributed by atoms with van der Waals surface area (Å²) in [6, 6.07) is 0.525. The van der Waals surface area contributed by atoms with E-state index in [1.807, 2.05) is 0 Å². The van der Waals surface area contributed by atoms with Gasteiger partial charge in [-0.15, -0.1) is 0 Å². The summed E-state index contributed by atoms with van der Waals surface area (Å²) in [6.07, 6.45) is 5.94. The number of fused-ring (bicyclic) bond motifs is 1. The maximum atomic E-state index is 11.4. The van der Waals surface area contributed by atoms with Gasteiger partial charge in [-0.25, -0.2) is 9.59 Å². The van der Waals surface area contributed by atoms with Gasteiger partial charge in [0.2, 0.25) is 0 Å². The zero-order valence-electron chi connectivity index (χ0n) is 11.6. The summed E-state index contributed by atoms with van der Waals surface area (Å²) >= 11 is 0. The lowest BCUT2D eigenvalue weighted by Gasteiger charge is -2.44. The minimum Gasteiger partial charge on any atom is -0.458 e. The molecule has 0 N–H and O–H groups in total. The van der Waals surface area contributed by atoms with Crippen LogP contribution in [0.4, 0.5) is 0 Å². The van der Waals surface area contributed by atoms with Crippen molar-refractivity contribution in [2.75, 3.05) is 26.3 Å². The molecule has 2 aliphatic heterocycles. The van der Waals surface area contributed by atoms with Gasteiger partial charge >= 0.3 is 11.9 Å². The molecule has 0 aliphatic carbocycles. The Bertz CT molecular complexity index is 329. The number of hydrogen-bond acceptors (Lipinski definition) is 5. The van der Waals surface area contributed by atoms with Gasteiger partial charge in [0.15, 0.2) is 0 Å². The molecule has 0 bridgehead atoms. The van der Waals surface area contributed by atoms with Crippen molar-refractivity contribution in [3.63, 3.8) is 0 Å². The van der Waals surface area contributed by atoms with Crippen molar-refractivity contribution in [1.82, 2.24) is 4.90 Å². The third-order valence-electron chi connectivity index (χ3n) is 4.10. The van der Waals surface area contributed by atoms with E-state index in [1.165, 1.54) is 19.3 Å². The Hall–Kier alpha value is -1.10. The summed E-state index contributed by atoms with van der Waals surface area (Å²) < 4.78 is 9.73. The summed E-state index contributed by atoms with van der Waals surface area (Å²) in [5, 5.41) is 0. The fourth-order valence-electron chi connectivity index (χ4n) is 3.20. The van der Waals surface area contributed by atoms with Gasteiger partial charge in [-0.2, -0.15) is 0 Å². The largest absolute Gasteiger partial charge is 0.458 e. The Morgan fingerprint density at radius 1 is 1.05 bits per heavy atom. The molecule has 0 saturated carbocycles. The lowest BCUT2D eigenvalue weighted by atomic mass is 9.84. The molecule has 2 rings (SSSR count). The molecule has 0 radical (unpaired) electrons. The van der Waals surface area contributed by atoms with Crippen LogP contribution >= 0.6 is 0 Å².